The number of ether oxygens (including phenoxy) is 1. The Kier molecular flexibility index (Phi) is 6.50. The molecule has 0 fully saturated rings. The molecule has 1 rings (SSSR count). The van der Waals surface area contributed by atoms with E-state index in [2.05, 4.69) is 15.9 Å². The summed E-state index contributed by atoms with van der Waals surface area (Å²) >= 11 is 2.90. The van der Waals surface area contributed by atoms with Gasteiger partial charge in [0.25, 0.3) is 0 Å². The lowest BCUT2D eigenvalue weighted by Crippen LogP contribution is -2.34. The molecule has 0 amide bonds. The maximum atomic E-state index is 13.8. The minimum absolute atomic E-state index is 0.107. The smallest absolute Gasteiger partial charge is 0.247 e. The molecule has 4 nitrogen and oxygen atoms in total. The number of nitrogens with zero attached hydrogens (tertiary/aromatic N) is 1. The van der Waals surface area contributed by atoms with Crippen molar-refractivity contribution in [1.29, 1.82) is 0 Å². The van der Waals surface area contributed by atoms with Crippen LogP contribution < -0.4 is 0 Å². The number of benzene rings is 1. The zero-order chi connectivity index (χ0) is 15.3. The lowest BCUT2D eigenvalue weighted by atomic mass is 10.3. The minimum Gasteiger partial charge on any atom is -0.380 e. The number of likely N-dealkylation sites (N-methyl/N-ethyl adjacent to an activating group) is 1. The van der Waals surface area contributed by atoms with E-state index in [0.717, 1.165) is 10.4 Å². The van der Waals surface area contributed by atoms with Crippen molar-refractivity contribution in [2.24, 2.45) is 0 Å². The normalized spacial score (nSPS) is 12.1. The molecule has 1 aromatic rings. The fourth-order valence-electron chi connectivity index (χ4n) is 1.66. The highest BCUT2D eigenvalue weighted by Gasteiger charge is 2.29. The van der Waals surface area contributed by atoms with Gasteiger partial charge in [0.1, 0.15) is 16.5 Å². The average Bonchev–Trinajstić information content (AvgIpc) is 2.32. The lowest BCUT2D eigenvalue weighted by molar-refractivity contribution is 0.135. The highest BCUT2D eigenvalue weighted by atomic mass is 79.9. The first-order valence-corrected chi connectivity index (χ1v) is 8.30. The largest absolute Gasteiger partial charge is 0.380 e. The maximum Gasteiger partial charge on any atom is 0.247 e. The highest BCUT2D eigenvalue weighted by molar-refractivity contribution is 9.10. The molecular formula is C12H16BrF2NO3S. The zero-order valence-electron chi connectivity index (χ0n) is 11.2. The molecule has 8 heteroatoms. The van der Waals surface area contributed by atoms with E-state index in [-0.39, 0.29) is 24.2 Å². The van der Waals surface area contributed by atoms with E-state index >= 15 is 0 Å². The zero-order valence-corrected chi connectivity index (χ0v) is 13.6. The van der Waals surface area contributed by atoms with Crippen molar-refractivity contribution in [3.8, 4) is 0 Å². The molecule has 0 saturated heterocycles. The van der Waals surface area contributed by atoms with Gasteiger partial charge in [-0.1, -0.05) is 6.92 Å². The number of rotatable bonds is 7. The first kappa shape index (κ1) is 17.5. The van der Waals surface area contributed by atoms with Crippen LogP contribution in [0, 0.1) is 11.6 Å². The van der Waals surface area contributed by atoms with Crippen LogP contribution in [-0.4, -0.2) is 39.0 Å². The van der Waals surface area contributed by atoms with Crippen LogP contribution in [0.1, 0.15) is 13.8 Å². The van der Waals surface area contributed by atoms with Crippen LogP contribution in [0.5, 0.6) is 0 Å². The van der Waals surface area contributed by atoms with Gasteiger partial charge in [0.05, 0.1) is 6.61 Å². The molecule has 114 valence electrons. The molecule has 0 aromatic heterocycles. The van der Waals surface area contributed by atoms with Gasteiger partial charge in [-0.3, -0.25) is 0 Å². The molecule has 0 radical (unpaired) electrons. The van der Waals surface area contributed by atoms with Crippen molar-refractivity contribution >= 4 is 26.0 Å². The maximum absolute atomic E-state index is 13.8. The Labute approximate surface area is 125 Å². The van der Waals surface area contributed by atoms with Crippen molar-refractivity contribution in [1.82, 2.24) is 4.31 Å². The van der Waals surface area contributed by atoms with E-state index in [1.54, 1.807) is 13.8 Å². The van der Waals surface area contributed by atoms with Gasteiger partial charge < -0.3 is 4.74 Å². The van der Waals surface area contributed by atoms with Gasteiger partial charge in [-0.2, -0.15) is 4.31 Å². The summed E-state index contributed by atoms with van der Waals surface area (Å²) in [7, 11) is -4.04. The van der Waals surface area contributed by atoms with E-state index in [4.69, 9.17) is 4.74 Å². The Balaban J connectivity index is 3.14. The number of halogens is 3. The van der Waals surface area contributed by atoms with Gasteiger partial charge >= 0.3 is 0 Å². The van der Waals surface area contributed by atoms with Crippen molar-refractivity contribution in [2.45, 2.75) is 18.7 Å². The van der Waals surface area contributed by atoms with Crippen molar-refractivity contribution in [2.75, 3.05) is 26.3 Å². The van der Waals surface area contributed by atoms with Gasteiger partial charge in [-0.15, -0.1) is 0 Å². The SMILES string of the molecule is CCOCCN(CC)S(=O)(=O)c1c(F)cc(F)cc1Br. The summed E-state index contributed by atoms with van der Waals surface area (Å²) in [5.74, 6) is -1.96. The van der Waals surface area contributed by atoms with E-state index in [9.17, 15) is 17.2 Å². The standard InChI is InChI=1S/C12H16BrF2NO3S/c1-3-16(5-6-19-4-2)20(17,18)12-10(13)7-9(14)8-11(12)15/h7-8H,3-6H2,1-2H3. The molecule has 0 heterocycles. The van der Waals surface area contributed by atoms with Crippen LogP contribution in [0.2, 0.25) is 0 Å². The number of sulfonamides is 1. The summed E-state index contributed by atoms with van der Waals surface area (Å²) in [5, 5.41) is 0. The van der Waals surface area contributed by atoms with E-state index in [1.165, 1.54) is 0 Å². The Morgan fingerprint density at radius 2 is 1.95 bits per heavy atom. The van der Waals surface area contributed by atoms with Crippen molar-refractivity contribution < 1.29 is 21.9 Å². The summed E-state index contributed by atoms with van der Waals surface area (Å²) in [4.78, 5) is -0.558. The molecule has 0 N–H and O–H groups in total. The third kappa shape index (κ3) is 3.97. The van der Waals surface area contributed by atoms with Crippen LogP contribution in [0.15, 0.2) is 21.5 Å². The molecule has 0 aliphatic heterocycles. The quantitative estimate of drug-likeness (QED) is 0.692. The van der Waals surface area contributed by atoms with Crippen LogP contribution >= 0.6 is 15.9 Å². The second-order valence-electron chi connectivity index (χ2n) is 3.89. The molecular weight excluding hydrogens is 356 g/mol. The number of hydrogen-bond acceptors (Lipinski definition) is 3. The van der Waals surface area contributed by atoms with Crippen LogP contribution in [-0.2, 0) is 14.8 Å². The van der Waals surface area contributed by atoms with Crippen LogP contribution in [0.3, 0.4) is 0 Å². The molecule has 0 spiro atoms. The van der Waals surface area contributed by atoms with Crippen LogP contribution in [0.25, 0.3) is 0 Å². The van der Waals surface area contributed by atoms with Gasteiger partial charge in [0, 0.05) is 30.2 Å². The predicted molar refractivity (Wildman–Crippen MR) is 75.0 cm³/mol. The van der Waals surface area contributed by atoms with Gasteiger partial charge in [-0.05, 0) is 28.9 Å². The molecule has 0 aliphatic rings. The Hall–Kier alpha value is -0.570. The Morgan fingerprint density at radius 1 is 1.30 bits per heavy atom. The molecule has 0 bridgehead atoms. The minimum atomic E-state index is -4.04. The van der Waals surface area contributed by atoms with Crippen molar-refractivity contribution in [3.63, 3.8) is 0 Å². The summed E-state index contributed by atoms with van der Waals surface area (Å²) in [6.45, 7) is 4.38. The fourth-order valence-corrected chi connectivity index (χ4v) is 4.21. The second-order valence-corrected chi connectivity index (χ2v) is 6.62. The highest BCUT2D eigenvalue weighted by Crippen LogP contribution is 2.28. The van der Waals surface area contributed by atoms with E-state index in [0.29, 0.717) is 12.7 Å². The average molecular weight is 372 g/mol. The van der Waals surface area contributed by atoms with Gasteiger partial charge in [0.2, 0.25) is 10.0 Å². The van der Waals surface area contributed by atoms with Gasteiger partial charge in [0.15, 0.2) is 0 Å². The predicted octanol–water partition coefficient (Wildman–Crippen LogP) is 2.77. The van der Waals surface area contributed by atoms with Crippen LogP contribution in [0.4, 0.5) is 8.78 Å². The summed E-state index contributed by atoms with van der Waals surface area (Å²) in [5.41, 5.74) is 0. The molecule has 1 aromatic carbocycles. The monoisotopic (exact) mass is 371 g/mol. The topological polar surface area (TPSA) is 46.6 Å². The number of hydrogen-bond donors (Lipinski definition) is 0. The fraction of sp³-hybridized carbons (Fsp3) is 0.500. The Bertz CT molecular complexity index is 543. The molecule has 0 saturated carbocycles. The lowest BCUT2D eigenvalue weighted by Gasteiger charge is -2.21. The third-order valence-corrected chi connectivity index (χ3v) is 5.54. The summed E-state index contributed by atoms with van der Waals surface area (Å²) in [6, 6.07) is 1.47. The van der Waals surface area contributed by atoms with E-state index in [1.807, 2.05) is 0 Å². The first-order valence-electron chi connectivity index (χ1n) is 6.07. The molecule has 0 aliphatic carbocycles. The molecule has 0 atom stereocenters. The van der Waals surface area contributed by atoms with E-state index < -0.39 is 26.6 Å². The molecule has 20 heavy (non-hydrogen) atoms. The third-order valence-electron chi connectivity index (χ3n) is 2.60. The Morgan fingerprint density at radius 3 is 2.45 bits per heavy atom. The summed E-state index contributed by atoms with van der Waals surface area (Å²) in [6.07, 6.45) is 0. The summed E-state index contributed by atoms with van der Waals surface area (Å²) < 4.78 is 57.6. The van der Waals surface area contributed by atoms with Crippen molar-refractivity contribution in [3.05, 3.63) is 28.2 Å². The molecule has 0 unspecified atom stereocenters. The first-order chi connectivity index (χ1) is 9.34. The second kappa shape index (κ2) is 7.44. The van der Waals surface area contributed by atoms with Gasteiger partial charge in [-0.25, -0.2) is 17.2 Å².